The van der Waals surface area contributed by atoms with Gasteiger partial charge in [-0.1, -0.05) is 0 Å². The molecule has 1 unspecified atom stereocenters. The third kappa shape index (κ3) is 3.57. The van der Waals surface area contributed by atoms with Gasteiger partial charge >= 0.3 is 0 Å². The summed E-state index contributed by atoms with van der Waals surface area (Å²) in [6.45, 7) is 4.66. The van der Waals surface area contributed by atoms with Crippen molar-refractivity contribution in [2.24, 2.45) is 5.92 Å². The van der Waals surface area contributed by atoms with Crippen molar-refractivity contribution in [3.05, 3.63) is 29.8 Å². The van der Waals surface area contributed by atoms with Crippen LogP contribution in [0.2, 0.25) is 0 Å². The summed E-state index contributed by atoms with van der Waals surface area (Å²) in [6, 6.07) is 7.40. The van der Waals surface area contributed by atoms with Gasteiger partial charge in [-0.05, 0) is 57.6 Å². The fourth-order valence-electron chi connectivity index (χ4n) is 2.41. The maximum atomic E-state index is 11.2. The average molecular weight is 247 g/mol. The largest absolute Gasteiger partial charge is 0.493 e. The van der Waals surface area contributed by atoms with E-state index < -0.39 is 0 Å². The Labute approximate surface area is 109 Å². The molecule has 98 valence electrons. The fraction of sp³-hybridized carbons (Fsp3) is 0.533. The number of Topliss-reactive ketones (excluding diaryl/α,β-unsaturated/α-hetero) is 1. The molecule has 0 N–H and O–H groups in total. The van der Waals surface area contributed by atoms with Crippen molar-refractivity contribution in [3.63, 3.8) is 0 Å². The Morgan fingerprint density at radius 2 is 2.11 bits per heavy atom. The van der Waals surface area contributed by atoms with Crippen molar-refractivity contribution in [2.45, 2.75) is 19.8 Å². The molecule has 18 heavy (non-hydrogen) atoms. The average Bonchev–Trinajstić information content (AvgIpc) is 2.37. The Morgan fingerprint density at radius 1 is 1.39 bits per heavy atom. The predicted octanol–water partition coefficient (Wildman–Crippen LogP) is 2.61. The van der Waals surface area contributed by atoms with Crippen LogP contribution in [0.25, 0.3) is 0 Å². The lowest BCUT2D eigenvalue weighted by Gasteiger charge is -2.29. The highest BCUT2D eigenvalue weighted by Crippen LogP contribution is 2.18. The van der Waals surface area contributed by atoms with Gasteiger partial charge in [-0.3, -0.25) is 4.79 Å². The Hall–Kier alpha value is -1.35. The van der Waals surface area contributed by atoms with Crippen molar-refractivity contribution in [2.75, 3.05) is 26.7 Å². The molecule has 0 bridgehead atoms. The lowest BCUT2D eigenvalue weighted by molar-refractivity contribution is 0.101. The first kappa shape index (κ1) is 13.1. The molecule has 0 aromatic heterocycles. The first-order valence-electron chi connectivity index (χ1n) is 6.57. The number of likely N-dealkylation sites (tertiary alicyclic amines) is 1. The molecule has 1 fully saturated rings. The number of ketones is 1. The Morgan fingerprint density at radius 3 is 2.72 bits per heavy atom. The molecule has 1 aliphatic heterocycles. The summed E-state index contributed by atoms with van der Waals surface area (Å²) in [4.78, 5) is 13.5. The van der Waals surface area contributed by atoms with Crippen LogP contribution in [0.15, 0.2) is 24.3 Å². The number of carbonyl (C=O) groups excluding carboxylic acids is 1. The summed E-state index contributed by atoms with van der Waals surface area (Å²) >= 11 is 0. The Bertz CT molecular complexity index is 399. The van der Waals surface area contributed by atoms with Crippen LogP contribution < -0.4 is 4.74 Å². The minimum atomic E-state index is 0.0930. The van der Waals surface area contributed by atoms with E-state index in [0.29, 0.717) is 5.92 Å². The van der Waals surface area contributed by atoms with Crippen LogP contribution in [0.1, 0.15) is 30.1 Å². The van der Waals surface area contributed by atoms with E-state index in [0.717, 1.165) is 24.5 Å². The second-order valence-electron chi connectivity index (χ2n) is 5.16. The summed E-state index contributed by atoms with van der Waals surface area (Å²) in [5.74, 6) is 1.57. The van der Waals surface area contributed by atoms with Crippen molar-refractivity contribution >= 4 is 5.78 Å². The highest BCUT2D eigenvalue weighted by Gasteiger charge is 2.17. The maximum absolute atomic E-state index is 11.2. The van der Waals surface area contributed by atoms with E-state index in [1.54, 1.807) is 6.92 Å². The summed E-state index contributed by atoms with van der Waals surface area (Å²) in [5.41, 5.74) is 0.736. The topological polar surface area (TPSA) is 29.5 Å². The SMILES string of the molecule is CC(=O)c1ccc(OCC2CCCN(C)C2)cc1. The summed E-state index contributed by atoms with van der Waals surface area (Å²) in [6.07, 6.45) is 2.50. The molecule has 0 radical (unpaired) electrons. The van der Waals surface area contributed by atoms with Crippen LogP contribution in [0.3, 0.4) is 0 Å². The van der Waals surface area contributed by atoms with Crippen LogP contribution in [0, 0.1) is 5.92 Å². The maximum Gasteiger partial charge on any atom is 0.159 e. The zero-order valence-corrected chi connectivity index (χ0v) is 11.2. The fourth-order valence-corrected chi connectivity index (χ4v) is 2.41. The number of benzene rings is 1. The van der Waals surface area contributed by atoms with Gasteiger partial charge in [0, 0.05) is 18.0 Å². The van der Waals surface area contributed by atoms with E-state index in [-0.39, 0.29) is 5.78 Å². The molecule has 1 saturated heterocycles. The van der Waals surface area contributed by atoms with Gasteiger partial charge in [0.05, 0.1) is 6.61 Å². The second kappa shape index (κ2) is 6.01. The zero-order chi connectivity index (χ0) is 13.0. The van der Waals surface area contributed by atoms with Gasteiger partial charge < -0.3 is 9.64 Å². The second-order valence-corrected chi connectivity index (χ2v) is 5.16. The molecule has 1 aromatic rings. The molecular formula is C15H21NO2. The first-order valence-corrected chi connectivity index (χ1v) is 6.57. The van der Waals surface area contributed by atoms with Gasteiger partial charge in [0.25, 0.3) is 0 Å². The van der Waals surface area contributed by atoms with E-state index in [2.05, 4.69) is 11.9 Å². The Balaban J connectivity index is 1.84. The van der Waals surface area contributed by atoms with Crippen molar-refractivity contribution in [3.8, 4) is 5.75 Å². The lowest BCUT2D eigenvalue weighted by Crippen LogP contribution is -2.34. The number of rotatable bonds is 4. The molecule has 0 saturated carbocycles. The number of hydrogen-bond donors (Lipinski definition) is 0. The molecule has 0 aliphatic carbocycles. The first-order chi connectivity index (χ1) is 8.65. The third-order valence-corrected chi connectivity index (χ3v) is 3.47. The standard InChI is InChI=1S/C15H21NO2/c1-12(17)14-5-7-15(8-6-14)18-11-13-4-3-9-16(2)10-13/h5-8,13H,3-4,9-11H2,1-2H3. The molecule has 0 spiro atoms. The highest BCUT2D eigenvalue weighted by molar-refractivity contribution is 5.94. The molecule has 1 heterocycles. The summed E-state index contributed by atoms with van der Waals surface area (Å²) < 4.78 is 5.79. The minimum Gasteiger partial charge on any atom is -0.493 e. The molecule has 3 heteroatoms. The van der Waals surface area contributed by atoms with Gasteiger partial charge in [-0.2, -0.15) is 0 Å². The summed E-state index contributed by atoms with van der Waals surface area (Å²) in [7, 11) is 2.16. The van der Waals surface area contributed by atoms with Crippen LogP contribution in [0.4, 0.5) is 0 Å². The summed E-state index contributed by atoms with van der Waals surface area (Å²) in [5, 5.41) is 0. The number of carbonyl (C=O) groups is 1. The van der Waals surface area contributed by atoms with E-state index in [9.17, 15) is 4.79 Å². The number of nitrogens with zero attached hydrogens (tertiary/aromatic N) is 1. The van der Waals surface area contributed by atoms with E-state index in [4.69, 9.17) is 4.74 Å². The smallest absolute Gasteiger partial charge is 0.159 e. The normalized spacial score (nSPS) is 20.7. The monoisotopic (exact) mass is 247 g/mol. The Kier molecular flexibility index (Phi) is 4.37. The molecule has 0 amide bonds. The van der Waals surface area contributed by atoms with E-state index >= 15 is 0 Å². The molecule has 1 aromatic carbocycles. The van der Waals surface area contributed by atoms with Crippen LogP contribution in [-0.2, 0) is 0 Å². The van der Waals surface area contributed by atoms with Gasteiger partial charge in [0.2, 0.25) is 0 Å². The van der Waals surface area contributed by atoms with Gasteiger partial charge in [-0.15, -0.1) is 0 Å². The highest BCUT2D eigenvalue weighted by atomic mass is 16.5. The molecule has 3 nitrogen and oxygen atoms in total. The lowest BCUT2D eigenvalue weighted by atomic mass is 9.99. The molecule has 1 aliphatic rings. The quantitative estimate of drug-likeness (QED) is 0.766. The molecule has 1 atom stereocenters. The molecular weight excluding hydrogens is 226 g/mol. The van der Waals surface area contributed by atoms with E-state index in [1.807, 2.05) is 24.3 Å². The van der Waals surface area contributed by atoms with E-state index in [1.165, 1.54) is 19.4 Å². The third-order valence-electron chi connectivity index (χ3n) is 3.47. The number of hydrogen-bond acceptors (Lipinski definition) is 3. The van der Waals surface area contributed by atoms with Crippen molar-refractivity contribution < 1.29 is 9.53 Å². The van der Waals surface area contributed by atoms with Gasteiger partial charge in [-0.25, -0.2) is 0 Å². The van der Waals surface area contributed by atoms with Crippen molar-refractivity contribution in [1.29, 1.82) is 0 Å². The van der Waals surface area contributed by atoms with Gasteiger partial charge in [0.1, 0.15) is 5.75 Å². The van der Waals surface area contributed by atoms with Gasteiger partial charge in [0.15, 0.2) is 5.78 Å². The van der Waals surface area contributed by atoms with Crippen LogP contribution >= 0.6 is 0 Å². The predicted molar refractivity (Wildman–Crippen MR) is 72.2 cm³/mol. The van der Waals surface area contributed by atoms with Crippen LogP contribution in [-0.4, -0.2) is 37.4 Å². The zero-order valence-electron chi connectivity index (χ0n) is 11.2. The number of ether oxygens (including phenoxy) is 1. The van der Waals surface area contributed by atoms with Crippen LogP contribution in [0.5, 0.6) is 5.75 Å². The minimum absolute atomic E-state index is 0.0930. The molecule has 2 rings (SSSR count). The van der Waals surface area contributed by atoms with Crippen molar-refractivity contribution in [1.82, 2.24) is 4.90 Å². The number of piperidine rings is 1.